The molecule has 0 fully saturated rings. The maximum Gasteiger partial charge on any atom is 0.338 e. The third-order valence-corrected chi connectivity index (χ3v) is 5.44. The van der Waals surface area contributed by atoms with Gasteiger partial charge < -0.3 is 4.74 Å². The zero-order chi connectivity index (χ0) is 19.5. The Kier molecular flexibility index (Phi) is 6.21. The highest BCUT2D eigenvalue weighted by molar-refractivity contribution is 7.90. The fraction of sp³-hybridized carbons (Fsp3) is 0.263. The Hall–Kier alpha value is -2.18. The minimum absolute atomic E-state index is 0.0100. The zero-order valence-corrected chi connectivity index (χ0v) is 16.2. The molecule has 0 spiro atoms. The van der Waals surface area contributed by atoms with Crippen molar-refractivity contribution in [2.24, 2.45) is 0 Å². The second-order valence-electron chi connectivity index (χ2n) is 5.88. The molecule has 0 saturated carbocycles. The Balaban J connectivity index is 2.17. The van der Waals surface area contributed by atoms with E-state index in [0.717, 1.165) is 24.3 Å². The van der Waals surface area contributed by atoms with Gasteiger partial charge in [0, 0.05) is 11.8 Å². The first-order valence-corrected chi connectivity index (χ1v) is 10.2. The number of rotatable bonds is 6. The van der Waals surface area contributed by atoms with Crippen molar-refractivity contribution in [3.63, 3.8) is 0 Å². The number of halogens is 1. The van der Waals surface area contributed by atoms with Crippen LogP contribution in [0.4, 0.5) is 0 Å². The fourth-order valence-electron chi connectivity index (χ4n) is 2.34. The average molecular weight is 395 g/mol. The Morgan fingerprint density at radius 2 is 1.65 bits per heavy atom. The Morgan fingerprint density at radius 3 is 2.19 bits per heavy atom. The highest BCUT2D eigenvalue weighted by Crippen LogP contribution is 2.23. The molecule has 0 unspecified atom stereocenters. The monoisotopic (exact) mass is 394 g/mol. The summed E-state index contributed by atoms with van der Waals surface area (Å²) in [7, 11) is -3.59. The van der Waals surface area contributed by atoms with E-state index in [-0.39, 0.29) is 21.3 Å². The molecular formula is C19H19ClO5S. The number of ketones is 1. The highest BCUT2D eigenvalue weighted by atomic mass is 35.5. The first-order valence-electron chi connectivity index (χ1n) is 7.97. The highest BCUT2D eigenvalue weighted by Gasteiger charge is 2.22. The van der Waals surface area contributed by atoms with Gasteiger partial charge in [-0.05, 0) is 37.1 Å². The van der Waals surface area contributed by atoms with Gasteiger partial charge in [0.15, 0.2) is 15.9 Å². The smallest absolute Gasteiger partial charge is 0.338 e. The molecule has 0 radical (unpaired) electrons. The summed E-state index contributed by atoms with van der Waals surface area (Å²) in [6.07, 6.45) is 0.848. The molecule has 138 valence electrons. The van der Waals surface area contributed by atoms with Crippen LogP contribution in [0.2, 0.25) is 5.02 Å². The van der Waals surface area contributed by atoms with Gasteiger partial charge >= 0.3 is 5.97 Å². The molecule has 2 aromatic rings. The minimum Gasteiger partial charge on any atom is -0.451 e. The molecule has 0 aliphatic rings. The maximum absolute atomic E-state index is 12.4. The Labute approximate surface area is 157 Å². The largest absolute Gasteiger partial charge is 0.451 e. The lowest BCUT2D eigenvalue weighted by Gasteiger charge is -2.13. The van der Waals surface area contributed by atoms with Crippen LogP contribution in [0, 0.1) is 0 Å². The minimum atomic E-state index is -3.59. The van der Waals surface area contributed by atoms with Crippen LogP contribution < -0.4 is 0 Å². The molecule has 0 amide bonds. The fourth-order valence-corrected chi connectivity index (χ4v) is 3.64. The molecule has 0 aromatic heterocycles. The van der Waals surface area contributed by atoms with Gasteiger partial charge in [0.2, 0.25) is 5.78 Å². The number of carbonyl (C=O) groups excluding carboxylic acids is 2. The lowest BCUT2D eigenvalue weighted by atomic mass is 10.0. The molecular weight excluding hydrogens is 376 g/mol. The van der Waals surface area contributed by atoms with Crippen LogP contribution >= 0.6 is 11.6 Å². The van der Waals surface area contributed by atoms with Crippen LogP contribution in [0.15, 0.2) is 47.4 Å². The topological polar surface area (TPSA) is 77.5 Å². The number of esters is 1. The molecule has 2 aromatic carbocycles. The van der Waals surface area contributed by atoms with Crippen LogP contribution in [-0.2, 0) is 21.0 Å². The van der Waals surface area contributed by atoms with Gasteiger partial charge in [-0.25, -0.2) is 13.2 Å². The molecule has 2 rings (SSSR count). The van der Waals surface area contributed by atoms with Crippen molar-refractivity contribution in [3.8, 4) is 0 Å². The van der Waals surface area contributed by atoms with Crippen molar-refractivity contribution in [2.75, 3.05) is 6.26 Å². The molecule has 0 aliphatic carbocycles. The summed E-state index contributed by atoms with van der Waals surface area (Å²) in [5.74, 6) is -1.13. The molecule has 0 aliphatic heterocycles. The summed E-state index contributed by atoms with van der Waals surface area (Å²) >= 11 is 5.86. The van der Waals surface area contributed by atoms with Gasteiger partial charge in [-0.1, -0.05) is 42.8 Å². The van der Waals surface area contributed by atoms with Gasteiger partial charge in [-0.2, -0.15) is 0 Å². The number of benzene rings is 2. The zero-order valence-electron chi connectivity index (χ0n) is 14.7. The number of aryl methyl sites for hydroxylation is 1. The Morgan fingerprint density at radius 1 is 1.08 bits per heavy atom. The van der Waals surface area contributed by atoms with E-state index in [1.807, 2.05) is 19.1 Å². The molecule has 0 saturated heterocycles. The second-order valence-corrected chi connectivity index (χ2v) is 8.27. The third kappa shape index (κ3) is 4.71. The van der Waals surface area contributed by atoms with Crippen molar-refractivity contribution in [3.05, 3.63) is 64.2 Å². The SMILES string of the molecule is CCc1ccc(C(=O)[C@H](C)OC(=O)c2ccc(Cl)c(S(C)(=O)=O)c2)cc1. The third-order valence-electron chi connectivity index (χ3n) is 3.87. The normalized spacial score (nSPS) is 12.5. The number of sulfone groups is 1. The van der Waals surface area contributed by atoms with Crippen LogP contribution in [0.25, 0.3) is 0 Å². The van der Waals surface area contributed by atoms with E-state index < -0.39 is 21.9 Å². The van der Waals surface area contributed by atoms with E-state index in [2.05, 4.69) is 0 Å². The quantitative estimate of drug-likeness (QED) is 0.551. The van der Waals surface area contributed by atoms with Gasteiger partial charge in [0.05, 0.1) is 15.5 Å². The molecule has 0 bridgehead atoms. The van der Waals surface area contributed by atoms with E-state index in [9.17, 15) is 18.0 Å². The maximum atomic E-state index is 12.4. The van der Waals surface area contributed by atoms with Crippen molar-refractivity contribution in [1.29, 1.82) is 0 Å². The number of hydrogen-bond donors (Lipinski definition) is 0. The summed E-state index contributed by atoms with van der Waals surface area (Å²) in [5.41, 5.74) is 1.55. The summed E-state index contributed by atoms with van der Waals surface area (Å²) in [6.45, 7) is 3.49. The molecule has 0 N–H and O–H groups in total. The standard InChI is InChI=1S/C19H19ClO5S/c1-4-13-5-7-14(8-6-13)18(21)12(2)25-19(22)15-9-10-16(20)17(11-15)26(3,23)24/h5-12H,4H2,1-3H3/t12-/m0/s1. The van der Waals surface area contributed by atoms with Gasteiger partial charge in [-0.15, -0.1) is 0 Å². The van der Waals surface area contributed by atoms with E-state index in [1.54, 1.807) is 12.1 Å². The predicted molar refractivity (Wildman–Crippen MR) is 99.6 cm³/mol. The van der Waals surface area contributed by atoms with Gasteiger partial charge in [-0.3, -0.25) is 4.79 Å². The predicted octanol–water partition coefficient (Wildman–Crippen LogP) is 3.73. The van der Waals surface area contributed by atoms with Crippen molar-refractivity contribution < 1.29 is 22.7 Å². The number of carbonyl (C=O) groups is 2. The first-order chi connectivity index (χ1) is 12.1. The number of ether oxygens (including phenoxy) is 1. The summed E-state index contributed by atoms with van der Waals surface area (Å²) in [6, 6.07) is 10.9. The van der Waals surface area contributed by atoms with Gasteiger partial charge in [0.25, 0.3) is 0 Å². The second kappa shape index (κ2) is 8.01. The van der Waals surface area contributed by atoms with Gasteiger partial charge in [0.1, 0.15) is 0 Å². The molecule has 0 heterocycles. The number of Topliss-reactive ketones (excluding diaryl/α,β-unsaturated/α-hetero) is 1. The van der Waals surface area contributed by atoms with E-state index in [0.29, 0.717) is 5.56 Å². The van der Waals surface area contributed by atoms with Crippen LogP contribution in [0.3, 0.4) is 0 Å². The van der Waals surface area contributed by atoms with E-state index in [1.165, 1.54) is 19.1 Å². The van der Waals surface area contributed by atoms with Crippen molar-refractivity contribution >= 4 is 33.2 Å². The first kappa shape index (κ1) is 20.1. The average Bonchev–Trinajstić information content (AvgIpc) is 2.60. The molecule has 1 atom stereocenters. The molecule has 26 heavy (non-hydrogen) atoms. The number of hydrogen-bond acceptors (Lipinski definition) is 5. The summed E-state index contributed by atoms with van der Waals surface area (Å²) in [4.78, 5) is 24.5. The van der Waals surface area contributed by atoms with E-state index in [4.69, 9.17) is 16.3 Å². The van der Waals surface area contributed by atoms with E-state index >= 15 is 0 Å². The molecule has 7 heteroatoms. The van der Waals surface area contributed by atoms with Crippen LogP contribution in [0.1, 0.15) is 40.1 Å². The summed E-state index contributed by atoms with van der Waals surface area (Å²) < 4.78 is 28.6. The van der Waals surface area contributed by atoms with Crippen LogP contribution in [0.5, 0.6) is 0 Å². The molecule has 5 nitrogen and oxygen atoms in total. The van der Waals surface area contributed by atoms with Crippen molar-refractivity contribution in [1.82, 2.24) is 0 Å². The Bertz CT molecular complexity index is 933. The van der Waals surface area contributed by atoms with Crippen LogP contribution in [-0.4, -0.2) is 32.5 Å². The van der Waals surface area contributed by atoms with Crippen molar-refractivity contribution in [2.45, 2.75) is 31.3 Å². The lowest BCUT2D eigenvalue weighted by Crippen LogP contribution is -2.24. The summed E-state index contributed by atoms with van der Waals surface area (Å²) in [5, 5.41) is 0.0178. The lowest BCUT2D eigenvalue weighted by molar-refractivity contribution is 0.0318.